The maximum absolute atomic E-state index is 5.66. The van der Waals surface area contributed by atoms with Crippen LogP contribution in [0.3, 0.4) is 0 Å². The summed E-state index contributed by atoms with van der Waals surface area (Å²) >= 11 is 0. The molecule has 0 radical (unpaired) electrons. The molecule has 0 aliphatic heterocycles. The van der Waals surface area contributed by atoms with Crippen LogP contribution in [-0.2, 0) is 6.61 Å². The van der Waals surface area contributed by atoms with Gasteiger partial charge in [-0.25, -0.2) is 4.98 Å². The number of H-pyrrole nitrogens is 1. The summed E-state index contributed by atoms with van der Waals surface area (Å²) in [5.41, 5.74) is 6.34. The van der Waals surface area contributed by atoms with Crippen LogP contribution in [0.2, 0.25) is 0 Å². The van der Waals surface area contributed by atoms with E-state index >= 15 is 0 Å². The van der Waals surface area contributed by atoms with Gasteiger partial charge < -0.3 is 10.5 Å². The highest BCUT2D eigenvalue weighted by Gasteiger charge is 2.07. The first-order chi connectivity index (χ1) is 8.15. The number of nitrogens with one attached hydrogen (secondary N) is 1. The molecule has 0 bridgehead atoms. The van der Waals surface area contributed by atoms with Crippen molar-refractivity contribution in [1.29, 1.82) is 0 Å². The molecule has 1 aromatic carbocycles. The van der Waals surface area contributed by atoms with E-state index in [0.717, 1.165) is 17.4 Å². The van der Waals surface area contributed by atoms with Crippen LogP contribution in [0, 0.1) is 0 Å². The number of benzene rings is 1. The van der Waals surface area contributed by atoms with Gasteiger partial charge in [0.25, 0.3) is 0 Å². The van der Waals surface area contributed by atoms with Crippen molar-refractivity contribution in [2.75, 3.05) is 5.73 Å². The molecule has 0 saturated heterocycles. The van der Waals surface area contributed by atoms with Gasteiger partial charge in [0, 0.05) is 17.7 Å². The molecule has 1 heterocycles. The zero-order chi connectivity index (χ0) is 12.3. The Balaban J connectivity index is 1.97. The third-order valence-corrected chi connectivity index (χ3v) is 2.30. The number of rotatable bonds is 4. The summed E-state index contributed by atoms with van der Waals surface area (Å²) in [6, 6.07) is 7.30. The number of hydrogen-bond acceptors (Lipinski definition) is 4. The van der Waals surface area contributed by atoms with E-state index in [1.165, 1.54) is 0 Å². The first kappa shape index (κ1) is 11.4. The van der Waals surface area contributed by atoms with Crippen molar-refractivity contribution in [3.05, 3.63) is 35.9 Å². The van der Waals surface area contributed by atoms with E-state index in [-0.39, 0.29) is 0 Å². The molecule has 3 N–H and O–H groups in total. The lowest BCUT2D eigenvalue weighted by Gasteiger charge is -2.04. The van der Waals surface area contributed by atoms with Crippen molar-refractivity contribution in [3.8, 4) is 5.75 Å². The molecule has 0 atom stereocenters. The molecule has 2 aromatic rings. The van der Waals surface area contributed by atoms with Gasteiger partial charge in [0.05, 0.1) is 0 Å². The minimum Gasteiger partial charge on any atom is -0.486 e. The van der Waals surface area contributed by atoms with E-state index < -0.39 is 0 Å². The number of aromatic nitrogens is 3. The molecule has 0 spiro atoms. The summed E-state index contributed by atoms with van der Waals surface area (Å²) in [6.07, 6.45) is 0. The van der Waals surface area contributed by atoms with Crippen LogP contribution in [0.15, 0.2) is 24.3 Å². The molecule has 0 fully saturated rings. The summed E-state index contributed by atoms with van der Waals surface area (Å²) < 4.78 is 5.55. The fraction of sp³-hybridized carbons (Fsp3) is 0.333. The lowest BCUT2D eigenvalue weighted by molar-refractivity contribution is 0.296. The predicted octanol–water partition coefficient (Wildman–Crippen LogP) is 2.09. The third kappa shape index (κ3) is 2.96. The molecule has 1 aromatic heterocycles. The van der Waals surface area contributed by atoms with Crippen molar-refractivity contribution in [2.24, 2.45) is 0 Å². The largest absolute Gasteiger partial charge is 0.486 e. The zero-order valence-electron chi connectivity index (χ0n) is 9.97. The number of aromatic amines is 1. The van der Waals surface area contributed by atoms with Crippen LogP contribution in [0.4, 0.5) is 5.69 Å². The number of nitrogen functional groups attached to an aromatic ring is 1. The van der Waals surface area contributed by atoms with E-state index in [2.05, 4.69) is 15.2 Å². The second-order valence-corrected chi connectivity index (χ2v) is 4.16. The van der Waals surface area contributed by atoms with Crippen LogP contribution in [0.25, 0.3) is 0 Å². The number of nitrogens with zero attached hydrogens (tertiary/aromatic N) is 2. The van der Waals surface area contributed by atoms with E-state index in [1.54, 1.807) is 6.07 Å². The Morgan fingerprint density at radius 2 is 2.24 bits per heavy atom. The van der Waals surface area contributed by atoms with E-state index in [9.17, 15) is 0 Å². The Bertz CT molecular complexity index is 493. The Labute approximate surface area is 100 Å². The Hall–Kier alpha value is -2.04. The van der Waals surface area contributed by atoms with Crippen LogP contribution in [-0.4, -0.2) is 15.2 Å². The van der Waals surface area contributed by atoms with Gasteiger partial charge in [-0.2, -0.15) is 5.10 Å². The Kier molecular flexibility index (Phi) is 3.27. The van der Waals surface area contributed by atoms with Crippen LogP contribution in [0.1, 0.15) is 31.4 Å². The normalized spacial score (nSPS) is 10.8. The van der Waals surface area contributed by atoms with Crippen LogP contribution >= 0.6 is 0 Å². The smallest absolute Gasteiger partial charge is 0.162 e. The summed E-state index contributed by atoms with van der Waals surface area (Å²) in [7, 11) is 0. The summed E-state index contributed by atoms with van der Waals surface area (Å²) in [5.74, 6) is 2.56. The number of nitrogens with two attached hydrogens (primary N) is 1. The first-order valence-electron chi connectivity index (χ1n) is 5.54. The van der Waals surface area contributed by atoms with Crippen LogP contribution in [0.5, 0.6) is 5.75 Å². The van der Waals surface area contributed by atoms with Crippen molar-refractivity contribution < 1.29 is 4.74 Å². The average molecular weight is 232 g/mol. The highest BCUT2D eigenvalue weighted by molar-refractivity contribution is 5.43. The van der Waals surface area contributed by atoms with E-state index in [4.69, 9.17) is 10.5 Å². The quantitative estimate of drug-likeness (QED) is 0.791. The van der Waals surface area contributed by atoms with Crippen molar-refractivity contribution in [2.45, 2.75) is 26.4 Å². The van der Waals surface area contributed by atoms with Gasteiger partial charge in [0.1, 0.15) is 12.4 Å². The molecular weight excluding hydrogens is 216 g/mol. The zero-order valence-corrected chi connectivity index (χ0v) is 9.97. The minimum atomic E-state index is 0.312. The molecule has 17 heavy (non-hydrogen) atoms. The lowest BCUT2D eigenvalue weighted by atomic mass is 10.2. The van der Waals surface area contributed by atoms with Gasteiger partial charge in [0.2, 0.25) is 0 Å². The van der Waals surface area contributed by atoms with Gasteiger partial charge in [-0.3, -0.25) is 5.10 Å². The maximum atomic E-state index is 5.66. The van der Waals surface area contributed by atoms with Gasteiger partial charge in [0.15, 0.2) is 11.6 Å². The van der Waals surface area contributed by atoms with Crippen LogP contribution < -0.4 is 10.5 Å². The molecule has 0 amide bonds. The van der Waals surface area contributed by atoms with Crippen molar-refractivity contribution in [1.82, 2.24) is 15.2 Å². The standard InChI is InChI=1S/C12H16N4O/c1-8(2)12-14-11(15-16-12)7-17-10-5-3-4-9(13)6-10/h3-6,8H,7,13H2,1-2H3,(H,14,15,16). The molecule has 0 aliphatic carbocycles. The van der Waals surface area contributed by atoms with Gasteiger partial charge in [-0.05, 0) is 12.1 Å². The van der Waals surface area contributed by atoms with Crippen molar-refractivity contribution in [3.63, 3.8) is 0 Å². The van der Waals surface area contributed by atoms with Gasteiger partial charge in [-0.1, -0.05) is 19.9 Å². The minimum absolute atomic E-state index is 0.312. The summed E-state index contributed by atoms with van der Waals surface area (Å²) in [5, 5.41) is 6.96. The molecule has 90 valence electrons. The maximum Gasteiger partial charge on any atom is 0.162 e. The molecular formula is C12H16N4O. The molecule has 0 unspecified atom stereocenters. The van der Waals surface area contributed by atoms with E-state index in [1.807, 2.05) is 32.0 Å². The summed E-state index contributed by atoms with van der Waals surface area (Å²) in [6.45, 7) is 4.46. The van der Waals surface area contributed by atoms with E-state index in [0.29, 0.717) is 18.2 Å². The third-order valence-electron chi connectivity index (χ3n) is 2.30. The Morgan fingerprint density at radius 1 is 1.41 bits per heavy atom. The fourth-order valence-corrected chi connectivity index (χ4v) is 1.39. The predicted molar refractivity (Wildman–Crippen MR) is 65.7 cm³/mol. The van der Waals surface area contributed by atoms with Gasteiger partial charge >= 0.3 is 0 Å². The monoisotopic (exact) mass is 232 g/mol. The molecule has 0 saturated carbocycles. The average Bonchev–Trinajstić information content (AvgIpc) is 2.75. The van der Waals surface area contributed by atoms with Gasteiger partial charge in [-0.15, -0.1) is 0 Å². The number of anilines is 1. The molecule has 5 nitrogen and oxygen atoms in total. The molecule has 5 heteroatoms. The highest BCUT2D eigenvalue weighted by atomic mass is 16.5. The first-order valence-corrected chi connectivity index (χ1v) is 5.54. The van der Waals surface area contributed by atoms with Crippen molar-refractivity contribution >= 4 is 5.69 Å². The highest BCUT2D eigenvalue weighted by Crippen LogP contribution is 2.15. The molecule has 0 aliphatic rings. The number of ether oxygens (including phenoxy) is 1. The number of hydrogen-bond donors (Lipinski definition) is 2. The second-order valence-electron chi connectivity index (χ2n) is 4.16. The molecule has 2 rings (SSSR count). The summed E-state index contributed by atoms with van der Waals surface area (Å²) in [4.78, 5) is 4.32. The SMILES string of the molecule is CC(C)c1n[nH]c(COc2cccc(N)c2)n1. The Morgan fingerprint density at radius 3 is 2.88 bits per heavy atom. The fourth-order valence-electron chi connectivity index (χ4n) is 1.39. The topological polar surface area (TPSA) is 76.8 Å². The second kappa shape index (κ2) is 4.86. The lowest BCUT2D eigenvalue weighted by Crippen LogP contribution is -1.98.